The molecule has 0 radical (unpaired) electrons. The molecule has 3 aromatic rings. The van der Waals surface area contributed by atoms with Gasteiger partial charge in [0.15, 0.2) is 5.58 Å². The molecule has 23 heavy (non-hydrogen) atoms. The van der Waals surface area contributed by atoms with E-state index in [2.05, 4.69) is 31.3 Å². The molecule has 2 aromatic heterocycles. The quantitative estimate of drug-likeness (QED) is 0.593. The van der Waals surface area contributed by atoms with E-state index in [1.165, 1.54) is 18.2 Å². The largest absolute Gasteiger partial charge is 0.354 e. The fourth-order valence-electron chi connectivity index (χ4n) is 1.89. The third kappa shape index (κ3) is 3.06. The zero-order valence-electron chi connectivity index (χ0n) is 10.9. The smallest absolute Gasteiger partial charge is 0.282 e. The average molecular weight is 425 g/mol. The average Bonchev–Trinajstić information content (AvgIpc) is 2.91. The van der Waals surface area contributed by atoms with Crippen molar-refractivity contribution >= 4 is 46.6 Å². The number of halogens is 4. The Morgan fingerprint density at radius 1 is 1.22 bits per heavy atom. The van der Waals surface area contributed by atoms with Crippen molar-refractivity contribution in [2.45, 2.75) is 11.3 Å². The van der Waals surface area contributed by atoms with Gasteiger partial charge in [0, 0.05) is 10.7 Å². The van der Waals surface area contributed by atoms with Crippen molar-refractivity contribution in [1.29, 1.82) is 0 Å². The zero-order chi connectivity index (χ0) is 16.8. The first kappa shape index (κ1) is 16.2. The van der Waals surface area contributed by atoms with Crippen molar-refractivity contribution in [3.8, 4) is 11.4 Å². The van der Waals surface area contributed by atoms with Crippen LogP contribution in [-0.2, 0) is 9.05 Å². The lowest BCUT2D eigenvalue weighted by Crippen LogP contribution is -1.95. The maximum absolute atomic E-state index is 12.5. The molecule has 0 spiro atoms. The van der Waals surface area contributed by atoms with Crippen LogP contribution in [0.25, 0.3) is 22.4 Å². The molecule has 11 heteroatoms. The lowest BCUT2D eigenvalue weighted by molar-refractivity contribution is 0.145. The molecule has 2 heterocycles. The molecule has 0 N–H and O–H groups in total. The van der Waals surface area contributed by atoms with Crippen LogP contribution in [0, 0.1) is 0 Å². The van der Waals surface area contributed by atoms with E-state index in [1.807, 2.05) is 0 Å². The summed E-state index contributed by atoms with van der Waals surface area (Å²) >= 11 is 3.16. The van der Waals surface area contributed by atoms with E-state index in [0.717, 1.165) is 6.07 Å². The van der Waals surface area contributed by atoms with Crippen LogP contribution in [0.4, 0.5) is 8.78 Å². The highest BCUT2D eigenvalue weighted by Gasteiger charge is 2.20. The van der Waals surface area contributed by atoms with E-state index >= 15 is 0 Å². The summed E-state index contributed by atoms with van der Waals surface area (Å²) in [7, 11) is 1.37. The topological polar surface area (TPSA) is 86.0 Å². The number of aromatic nitrogens is 3. The van der Waals surface area contributed by atoms with Gasteiger partial charge < -0.3 is 4.52 Å². The molecule has 0 unspecified atom stereocenters. The summed E-state index contributed by atoms with van der Waals surface area (Å²) in [6, 6.07) is 4.93. The summed E-state index contributed by atoms with van der Waals surface area (Å²) in [5.74, 6) is 0. The Hall–Kier alpha value is -1.65. The minimum absolute atomic E-state index is 0.157. The number of fused-ring (bicyclic) bond motifs is 1. The van der Waals surface area contributed by atoms with Gasteiger partial charge in [-0.15, -0.1) is 10.2 Å². The van der Waals surface area contributed by atoms with Crippen molar-refractivity contribution in [1.82, 2.24) is 15.4 Å². The Bertz CT molecular complexity index is 993. The molecular formula is C12H5BrClF2N3O3S. The van der Waals surface area contributed by atoms with Crippen molar-refractivity contribution in [2.24, 2.45) is 0 Å². The van der Waals surface area contributed by atoms with Gasteiger partial charge >= 0.3 is 0 Å². The minimum atomic E-state index is -3.97. The third-order valence-electron chi connectivity index (χ3n) is 2.93. The summed E-state index contributed by atoms with van der Waals surface area (Å²) in [5, 5.41) is 11.2. The Morgan fingerprint density at radius 3 is 2.52 bits per heavy atom. The van der Waals surface area contributed by atoms with Gasteiger partial charge in [-0.2, -0.15) is 0 Å². The van der Waals surface area contributed by atoms with Gasteiger partial charge in [0.2, 0.25) is 0 Å². The summed E-state index contributed by atoms with van der Waals surface area (Å²) in [5.41, 5.74) is 0.107. The van der Waals surface area contributed by atoms with E-state index in [1.54, 1.807) is 0 Å². The van der Waals surface area contributed by atoms with E-state index in [0.29, 0.717) is 9.86 Å². The van der Waals surface area contributed by atoms with Crippen molar-refractivity contribution < 1.29 is 21.7 Å². The van der Waals surface area contributed by atoms with Crippen LogP contribution < -0.4 is 0 Å². The summed E-state index contributed by atoms with van der Waals surface area (Å²) in [6.07, 6.45) is -2.74. The third-order valence-corrected chi connectivity index (χ3v) is 4.86. The van der Waals surface area contributed by atoms with Crippen molar-refractivity contribution in [2.75, 3.05) is 0 Å². The lowest BCUT2D eigenvalue weighted by atomic mass is 10.1. The molecule has 0 aliphatic rings. The molecule has 0 aliphatic carbocycles. The van der Waals surface area contributed by atoms with Crippen LogP contribution in [-0.4, -0.2) is 23.8 Å². The molecule has 6 nitrogen and oxygen atoms in total. The molecule has 0 amide bonds. The Balaban J connectivity index is 2.20. The molecule has 0 bridgehead atoms. The highest BCUT2D eigenvalue weighted by molar-refractivity contribution is 9.10. The second-order valence-corrected chi connectivity index (χ2v) is 7.82. The maximum atomic E-state index is 12.5. The van der Waals surface area contributed by atoms with Crippen LogP contribution in [0.2, 0.25) is 0 Å². The Morgan fingerprint density at radius 2 is 1.96 bits per heavy atom. The fourth-order valence-corrected chi connectivity index (χ4v) is 3.36. The van der Waals surface area contributed by atoms with Gasteiger partial charge in [0.1, 0.15) is 17.1 Å². The summed E-state index contributed by atoms with van der Waals surface area (Å²) in [4.78, 5) is -0.167. The van der Waals surface area contributed by atoms with Gasteiger partial charge in [-0.3, -0.25) is 0 Å². The Kier molecular flexibility index (Phi) is 4.07. The molecule has 0 fully saturated rings. The molecule has 3 rings (SSSR count). The second-order valence-electron chi connectivity index (χ2n) is 4.39. The first-order valence-electron chi connectivity index (χ1n) is 5.93. The number of benzene rings is 1. The molecule has 0 aliphatic heterocycles. The molecule has 120 valence electrons. The number of alkyl halides is 2. The van der Waals surface area contributed by atoms with Crippen LogP contribution in [0.1, 0.15) is 12.1 Å². The zero-order valence-corrected chi connectivity index (χ0v) is 14.0. The molecule has 0 atom stereocenters. The van der Waals surface area contributed by atoms with E-state index < -0.39 is 21.2 Å². The van der Waals surface area contributed by atoms with Crippen LogP contribution in [0.5, 0.6) is 0 Å². The number of hydrogen-bond acceptors (Lipinski definition) is 6. The summed E-state index contributed by atoms with van der Waals surface area (Å²) < 4.78 is 53.5. The highest BCUT2D eigenvalue weighted by atomic mass is 79.9. The fraction of sp³-hybridized carbons (Fsp3) is 0.0833. The van der Waals surface area contributed by atoms with Gasteiger partial charge in [0.05, 0.1) is 14.8 Å². The Labute approximate surface area is 141 Å². The van der Waals surface area contributed by atoms with E-state index in [4.69, 9.17) is 15.2 Å². The van der Waals surface area contributed by atoms with Gasteiger partial charge in [-0.1, -0.05) is 5.16 Å². The predicted molar refractivity (Wildman–Crippen MR) is 80.7 cm³/mol. The molecule has 0 saturated carbocycles. The highest BCUT2D eigenvalue weighted by Crippen LogP contribution is 2.34. The first-order chi connectivity index (χ1) is 10.8. The maximum Gasteiger partial charge on any atom is 0.282 e. The van der Waals surface area contributed by atoms with Crippen molar-refractivity contribution in [3.05, 3.63) is 34.4 Å². The lowest BCUT2D eigenvalue weighted by Gasteiger charge is -2.01. The summed E-state index contributed by atoms with van der Waals surface area (Å²) in [6.45, 7) is 0. The first-order valence-corrected chi connectivity index (χ1v) is 9.03. The second kappa shape index (κ2) is 5.77. The molecule has 0 saturated heterocycles. The SMILES string of the molecule is O=S(=O)(Cl)c1cc(Br)c2onc(-c3ccc(C(F)F)nn3)c2c1. The van der Waals surface area contributed by atoms with Crippen LogP contribution in [0.15, 0.2) is 38.2 Å². The van der Waals surface area contributed by atoms with Gasteiger partial charge in [0.25, 0.3) is 15.5 Å². The molecule has 1 aromatic carbocycles. The minimum Gasteiger partial charge on any atom is -0.354 e. The van der Waals surface area contributed by atoms with Crippen molar-refractivity contribution in [3.63, 3.8) is 0 Å². The van der Waals surface area contributed by atoms with Crippen LogP contribution in [0.3, 0.4) is 0 Å². The number of hydrogen-bond donors (Lipinski definition) is 0. The number of nitrogens with zero attached hydrogens (tertiary/aromatic N) is 3. The van der Waals surface area contributed by atoms with Crippen LogP contribution >= 0.6 is 26.6 Å². The molecular weight excluding hydrogens is 420 g/mol. The predicted octanol–water partition coefficient (Wildman–Crippen LogP) is 3.91. The van der Waals surface area contributed by atoms with Gasteiger partial charge in [-0.05, 0) is 40.2 Å². The number of rotatable bonds is 3. The van der Waals surface area contributed by atoms with Gasteiger partial charge in [-0.25, -0.2) is 17.2 Å². The van der Waals surface area contributed by atoms with E-state index in [-0.39, 0.29) is 21.9 Å². The van der Waals surface area contributed by atoms with E-state index in [9.17, 15) is 17.2 Å². The normalized spacial score (nSPS) is 12.2. The monoisotopic (exact) mass is 423 g/mol. The standard InChI is InChI=1S/C12H5BrClF2N3O3S/c13-7-4-5(23(14,20)21)3-6-10(19-22-11(6)7)8-1-2-9(12(15)16)18-17-8/h1-4,12H.